The van der Waals surface area contributed by atoms with Crippen LogP contribution in [0.5, 0.6) is 0 Å². The average molecular weight is 241 g/mol. The van der Waals surface area contributed by atoms with Crippen molar-refractivity contribution in [3.05, 3.63) is 12.2 Å². The molecule has 5 heteroatoms. The molecule has 1 aliphatic rings. The Morgan fingerprint density at radius 1 is 1.35 bits per heavy atom. The fraction of sp³-hybridized carbons (Fsp3) is 0.667. The summed E-state index contributed by atoms with van der Waals surface area (Å²) in [6.07, 6.45) is 4.65. The molecule has 0 aliphatic heterocycles. The van der Waals surface area contributed by atoms with Gasteiger partial charge in [0.05, 0.1) is 18.4 Å². The fourth-order valence-electron chi connectivity index (χ4n) is 1.98. The van der Waals surface area contributed by atoms with Crippen molar-refractivity contribution in [3.63, 3.8) is 0 Å². The Morgan fingerprint density at radius 3 is 2.47 bits per heavy atom. The number of carbonyl (C=O) groups is 2. The number of carbonyl (C=O) groups excluding carboxylic acids is 1. The molecule has 0 radical (unpaired) electrons. The van der Waals surface area contributed by atoms with Gasteiger partial charge in [-0.1, -0.05) is 12.2 Å². The topological polar surface area (TPSA) is 66.8 Å². The van der Waals surface area contributed by atoms with Crippen molar-refractivity contribution in [1.29, 1.82) is 0 Å². The highest BCUT2D eigenvalue weighted by molar-refractivity contribution is 5.85. The molecule has 17 heavy (non-hydrogen) atoms. The number of amides is 1. The summed E-state index contributed by atoms with van der Waals surface area (Å²) in [5, 5.41) is 9.09. The molecule has 2 unspecified atom stereocenters. The van der Waals surface area contributed by atoms with Crippen LogP contribution in [0.4, 0.5) is 0 Å². The largest absolute Gasteiger partial charge is 0.481 e. The molecule has 0 spiro atoms. The van der Waals surface area contributed by atoms with Crippen LogP contribution in [0.1, 0.15) is 12.8 Å². The third-order valence-electron chi connectivity index (χ3n) is 3.07. The van der Waals surface area contributed by atoms with Crippen molar-refractivity contribution in [1.82, 2.24) is 4.90 Å². The molecular weight excluding hydrogens is 222 g/mol. The molecule has 0 heterocycles. The van der Waals surface area contributed by atoms with Gasteiger partial charge in [0.2, 0.25) is 5.91 Å². The first kappa shape index (κ1) is 13.7. The summed E-state index contributed by atoms with van der Waals surface area (Å²) in [6, 6.07) is 0. The van der Waals surface area contributed by atoms with Gasteiger partial charge in [0.25, 0.3) is 0 Å². The second-order valence-electron chi connectivity index (χ2n) is 4.25. The van der Waals surface area contributed by atoms with E-state index in [9.17, 15) is 9.59 Å². The zero-order valence-electron chi connectivity index (χ0n) is 10.3. The summed E-state index contributed by atoms with van der Waals surface area (Å²) in [5.41, 5.74) is 0. The highest BCUT2D eigenvalue weighted by Gasteiger charge is 2.35. The van der Waals surface area contributed by atoms with Crippen molar-refractivity contribution in [2.45, 2.75) is 12.8 Å². The summed E-state index contributed by atoms with van der Waals surface area (Å²) in [4.78, 5) is 24.7. The Bertz CT molecular complexity index is 314. The monoisotopic (exact) mass is 241 g/mol. The number of nitrogens with zero attached hydrogens (tertiary/aromatic N) is 1. The van der Waals surface area contributed by atoms with Gasteiger partial charge >= 0.3 is 5.97 Å². The van der Waals surface area contributed by atoms with E-state index in [4.69, 9.17) is 9.84 Å². The zero-order chi connectivity index (χ0) is 12.8. The molecule has 0 aromatic carbocycles. The standard InChI is InChI=1S/C12H19NO4/c1-13(7-8-17-2)11(14)9-5-3-4-6-10(9)12(15)16/h3-4,9-10H,5-8H2,1-2H3,(H,15,16). The lowest BCUT2D eigenvalue weighted by Crippen LogP contribution is -2.41. The van der Waals surface area contributed by atoms with Crippen LogP contribution in [0.2, 0.25) is 0 Å². The van der Waals surface area contributed by atoms with E-state index < -0.39 is 17.8 Å². The Kier molecular flexibility index (Phi) is 5.15. The van der Waals surface area contributed by atoms with E-state index in [2.05, 4.69) is 0 Å². The number of rotatable bonds is 5. The van der Waals surface area contributed by atoms with Crippen LogP contribution in [0.15, 0.2) is 12.2 Å². The Hall–Kier alpha value is -1.36. The lowest BCUT2D eigenvalue weighted by molar-refractivity contribution is -0.150. The molecule has 1 aliphatic carbocycles. The molecule has 1 amide bonds. The van der Waals surface area contributed by atoms with E-state index in [1.165, 1.54) is 0 Å². The molecule has 0 bridgehead atoms. The van der Waals surface area contributed by atoms with Crippen LogP contribution < -0.4 is 0 Å². The number of methoxy groups -OCH3 is 1. The first-order valence-electron chi connectivity index (χ1n) is 5.69. The third kappa shape index (κ3) is 3.56. The number of likely N-dealkylation sites (N-methyl/N-ethyl adjacent to an activating group) is 1. The van der Waals surface area contributed by atoms with Crippen LogP contribution in [-0.2, 0) is 14.3 Å². The summed E-state index contributed by atoms with van der Waals surface area (Å²) in [6.45, 7) is 0.949. The maximum atomic E-state index is 12.1. The van der Waals surface area contributed by atoms with Crippen molar-refractivity contribution in [3.8, 4) is 0 Å². The quantitative estimate of drug-likeness (QED) is 0.721. The average Bonchev–Trinajstić information content (AvgIpc) is 2.34. The molecule has 1 N–H and O–H groups in total. The number of carboxylic acids is 1. The maximum Gasteiger partial charge on any atom is 0.307 e. The molecule has 0 fully saturated rings. The summed E-state index contributed by atoms with van der Waals surface area (Å²) in [5.74, 6) is -2.05. The van der Waals surface area contributed by atoms with Gasteiger partial charge in [0.15, 0.2) is 0 Å². The van der Waals surface area contributed by atoms with E-state index >= 15 is 0 Å². The minimum Gasteiger partial charge on any atom is -0.481 e. The van der Waals surface area contributed by atoms with Crippen molar-refractivity contribution in [2.24, 2.45) is 11.8 Å². The van der Waals surface area contributed by atoms with E-state index in [1.54, 1.807) is 19.1 Å². The van der Waals surface area contributed by atoms with Gasteiger partial charge in [-0.3, -0.25) is 9.59 Å². The van der Waals surface area contributed by atoms with Crippen molar-refractivity contribution in [2.75, 3.05) is 27.3 Å². The number of allylic oxidation sites excluding steroid dienone is 2. The molecule has 0 aromatic heterocycles. The van der Waals surface area contributed by atoms with E-state index in [-0.39, 0.29) is 5.91 Å². The predicted octanol–water partition coefficient (Wildman–Crippen LogP) is 0.758. The maximum absolute atomic E-state index is 12.1. The summed E-state index contributed by atoms with van der Waals surface area (Å²) in [7, 11) is 3.25. The predicted molar refractivity (Wildman–Crippen MR) is 62.5 cm³/mol. The Balaban J connectivity index is 2.65. The van der Waals surface area contributed by atoms with Crippen LogP contribution in [0.25, 0.3) is 0 Å². The molecule has 0 saturated carbocycles. The Labute approximate surface area is 101 Å². The molecule has 5 nitrogen and oxygen atoms in total. The van der Waals surface area contributed by atoms with Gasteiger partial charge in [0.1, 0.15) is 0 Å². The molecule has 1 rings (SSSR count). The van der Waals surface area contributed by atoms with E-state index in [0.29, 0.717) is 26.0 Å². The van der Waals surface area contributed by atoms with E-state index in [1.807, 2.05) is 12.2 Å². The summed E-state index contributed by atoms with van der Waals surface area (Å²) >= 11 is 0. The van der Waals surface area contributed by atoms with Gasteiger partial charge in [0, 0.05) is 20.7 Å². The van der Waals surface area contributed by atoms with Crippen LogP contribution in [-0.4, -0.2) is 49.2 Å². The fourth-order valence-corrected chi connectivity index (χ4v) is 1.98. The van der Waals surface area contributed by atoms with Crippen molar-refractivity contribution < 1.29 is 19.4 Å². The molecule has 96 valence electrons. The minimum absolute atomic E-state index is 0.112. The van der Waals surface area contributed by atoms with Gasteiger partial charge < -0.3 is 14.7 Å². The number of carboxylic acid groups (broad SMARTS) is 1. The SMILES string of the molecule is COCCN(C)C(=O)C1CC=CCC1C(=O)O. The van der Waals surface area contributed by atoms with Crippen molar-refractivity contribution >= 4 is 11.9 Å². The molecule has 0 aromatic rings. The van der Waals surface area contributed by atoms with Gasteiger partial charge in [-0.2, -0.15) is 0 Å². The minimum atomic E-state index is -0.896. The van der Waals surface area contributed by atoms with Crippen LogP contribution in [0.3, 0.4) is 0 Å². The zero-order valence-corrected chi connectivity index (χ0v) is 10.3. The highest BCUT2D eigenvalue weighted by Crippen LogP contribution is 2.27. The second-order valence-corrected chi connectivity index (χ2v) is 4.25. The smallest absolute Gasteiger partial charge is 0.307 e. The molecule has 2 atom stereocenters. The third-order valence-corrected chi connectivity index (χ3v) is 3.07. The first-order chi connectivity index (χ1) is 8.07. The number of ether oxygens (including phenoxy) is 1. The number of hydrogen-bond donors (Lipinski definition) is 1. The second kappa shape index (κ2) is 6.39. The lowest BCUT2D eigenvalue weighted by Gasteiger charge is -2.28. The molecule has 0 saturated heterocycles. The van der Waals surface area contributed by atoms with E-state index in [0.717, 1.165) is 0 Å². The van der Waals surface area contributed by atoms with Crippen LogP contribution in [0, 0.1) is 11.8 Å². The summed E-state index contributed by atoms with van der Waals surface area (Å²) < 4.78 is 4.90. The van der Waals surface area contributed by atoms with Gasteiger partial charge in [-0.25, -0.2) is 0 Å². The first-order valence-corrected chi connectivity index (χ1v) is 5.69. The lowest BCUT2D eigenvalue weighted by atomic mass is 9.82. The van der Waals surface area contributed by atoms with Crippen LogP contribution >= 0.6 is 0 Å². The van der Waals surface area contributed by atoms with Gasteiger partial charge in [-0.15, -0.1) is 0 Å². The molecular formula is C12H19NO4. The normalized spacial score (nSPS) is 23.4. The highest BCUT2D eigenvalue weighted by atomic mass is 16.5. The number of hydrogen-bond acceptors (Lipinski definition) is 3. The Morgan fingerprint density at radius 2 is 1.94 bits per heavy atom. The van der Waals surface area contributed by atoms with Gasteiger partial charge in [-0.05, 0) is 12.8 Å². The number of aliphatic carboxylic acids is 1.